The third-order valence-corrected chi connectivity index (χ3v) is 14.4. The number of Topliss-reactive ketones (excluding diaryl/α,β-unsaturated/α-hetero) is 2. The van der Waals surface area contributed by atoms with Gasteiger partial charge in [0.05, 0.1) is 37.1 Å². The highest BCUT2D eigenvalue weighted by atomic mass is 16.7. The van der Waals surface area contributed by atoms with Crippen molar-refractivity contribution in [3.05, 3.63) is 65.3 Å². The first-order chi connectivity index (χ1) is 31.0. The van der Waals surface area contributed by atoms with Gasteiger partial charge < -0.3 is 43.5 Å². The highest BCUT2D eigenvalue weighted by Crippen LogP contribution is 2.39. The Bertz CT molecular complexity index is 1830. The van der Waals surface area contributed by atoms with Crippen LogP contribution in [0.2, 0.25) is 0 Å². The van der Waals surface area contributed by atoms with Crippen LogP contribution in [0.15, 0.2) is 59.7 Å². The third kappa shape index (κ3) is 13.3. The van der Waals surface area contributed by atoms with Crippen molar-refractivity contribution in [3.63, 3.8) is 0 Å². The highest BCUT2D eigenvalue weighted by Gasteiger charge is 2.56. The van der Waals surface area contributed by atoms with E-state index in [4.69, 9.17) is 28.4 Å². The van der Waals surface area contributed by atoms with E-state index >= 15 is 0 Å². The fourth-order valence-electron chi connectivity index (χ4n) is 10.5. The first kappa shape index (κ1) is 52.4. The molecule has 0 spiro atoms. The van der Waals surface area contributed by atoms with E-state index in [9.17, 15) is 29.4 Å². The minimum Gasteiger partial charge on any atom is -0.456 e. The number of allylic oxidation sites excluding steroid dienone is 3. The Kier molecular flexibility index (Phi) is 19.7. The fourth-order valence-corrected chi connectivity index (χ4v) is 10.5. The number of cyclic esters (lactones) is 1. The molecule has 0 unspecified atom stereocenters. The molecular formula is C52H77NO12. The second-order valence-electron chi connectivity index (χ2n) is 19.3. The van der Waals surface area contributed by atoms with Gasteiger partial charge in [-0.1, -0.05) is 87.9 Å². The van der Waals surface area contributed by atoms with Crippen molar-refractivity contribution < 1.29 is 57.8 Å². The van der Waals surface area contributed by atoms with Crippen molar-refractivity contribution in [1.82, 2.24) is 4.90 Å². The Morgan fingerprint density at radius 2 is 1.58 bits per heavy atom. The van der Waals surface area contributed by atoms with E-state index in [-0.39, 0.29) is 55.6 Å². The Hall–Kier alpha value is -3.56. The number of nitrogens with zero attached hydrogens (tertiary/aromatic N) is 1. The van der Waals surface area contributed by atoms with Crippen molar-refractivity contribution in [3.8, 4) is 0 Å². The standard InChI is InChI=1S/C52H77NO12/c1-10-39-26-32(2)25-33(3)27-45(61-8)48-46(62-9)29-35(5)52(59,65-48)49(56)50(57)53-23-15-14-20-40(53)51(58)64-47(36(6)41(54)31-42(39)55)34(4)28-38-21-22-43(44(30-38)60-7)63-24-16-19-37-17-12-11-13-18-37/h11-13,16-19,26,28,33,35-36,38-41,43-48,54,59H,10,14-15,20-25,27,29-31H2,1-9H3/b19-16+,32-26+,34-28+/t33-,35+,36+,38-,39+,40-,41-,43+,44+,45-,46-,47+,48+,52+/m0/s1. The van der Waals surface area contributed by atoms with Gasteiger partial charge in [0.15, 0.2) is 0 Å². The average Bonchev–Trinajstić information content (AvgIpc) is 3.30. The van der Waals surface area contributed by atoms with Crippen LogP contribution >= 0.6 is 0 Å². The minimum atomic E-state index is -2.50. The third-order valence-electron chi connectivity index (χ3n) is 14.4. The van der Waals surface area contributed by atoms with Crippen LogP contribution in [0.25, 0.3) is 6.08 Å². The van der Waals surface area contributed by atoms with Crippen LogP contribution in [0.3, 0.4) is 0 Å². The number of carbonyl (C=O) groups excluding carboxylic acids is 4. The lowest BCUT2D eigenvalue weighted by molar-refractivity contribution is -0.302. The average molecular weight is 908 g/mol. The molecule has 65 heavy (non-hydrogen) atoms. The van der Waals surface area contributed by atoms with Gasteiger partial charge in [0.2, 0.25) is 5.79 Å². The van der Waals surface area contributed by atoms with Crippen molar-refractivity contribution in [2.24, 2.45) is 29.6 Å². The molecule has 1 aliphatic carbocycles. The predicted molar refractivity (Wildman–Crippen MR) is 247 cm³/mol. The number of hydrogen-bond donors (Lipinski definition) is 2. The van der Waals surface area contributed by atoms with Gasteiger partial charge in [-0.2, -0.15) is 0 Å². The van der Waals surface area contributed by atoms with Crippen LogP contribution < -0.4 is 0 Å². The van der Waals surface area contributed by atoms with E-state index in [1.807, 2.05) is 69.3 Å². The summed E-state index contributed by atoms with van der Waals surface area (Å²) in [6.07, 6.45) is 8.92. The molecule has 1 amide bonds. The molecule has 3 fully saturated rings. The quantitative estimate of drug-likeness (QED) is 0.138. The monoisotopic (exact) mass is 908 g/mol. The topological polar surface area (TPSA) is 167 Å². The Labute approximate surface area is 387 Å². The molecule has 0 aromatic heterocycles. The largest absolute Gasteiger partial charge is 0.456 e. The number of ketones is 2. The van der Waals surface area contributed by atoms with Gasteiger partial charge in [0.25, 0.3) is 11.7 Å². The number of carbonyl (C=O) groups is 4. The Morgan fingerprint density at radius 1 is 0.892 bits per heavy atom. The number of hydrogen-bond acceptors (Lipinski definition) is 12. The molecule has 14 atom stereocenters. The number of piperidine rings is 1. The van der Waals surface area contributed by atoms with Crippen LogP contribution in [0.1, 0.15) is 118 Å². The second kappa shape index (κ2) is 24.5. The number of benzene rings is 1. The van der Waals surface area contributed by atoms with Gasteiger partial charge in [0.1, 0.15) is 24.0 Å². The van der Waals surface area contributed by atoms with Crippen LogP contribution in [0.4, 0.5) is 0 Å². The summed E-state index contributed by atoms with van der Waals surface area (Å²) in [6, 6.07) is 8.91. The van der Waals surface area contributed by atoms with Gasteiger partial charge in [-0.15, -0.1) is 0 Å². The van der Waals surface area contributed by atoms with E-state index in [2.05, 4.69) is 13.0 Å². The molecule has 0 radical (unpaired) electrons. The summed E-state index contributed by atoms with van der Waals surface area (Å²) in [7, 11) is 4.76. The zero-order valence-corrected chi connectivity index (χ0v) is 40.3. The van der Waals surface area contributed by atoms with Gasteiger partial charge in [-0.3, -0.25) is 14.4 Å². The molecule has 1 aromatic rings. The lowest BCUT2D eigenvalue weighted by Crippen LogP contribution is -2.64. The van der Waals surface area contributed by atoms with E-state index in [0.29, 0.717) is 50.7 Å². The molecule has 362 valence electrons. The molecule has 3 heterocycles. The lowest BCUT2D eigenvalue weighted by Gasteiger charge is -2.47. The minimum absolute atomic E-state index is 0.0334. The lowest BCUT2D eigenvalue weighted by atomic mass is 9.81. The van der Waals surface area contributed by atoms with Gasteiger partial charge in [-0.25, -0.2) is 4.79 Å². The number of esters is 1. The van der Waals surface area contributed by atoms with E-state index in [1.165, 1.54) is 12.0 Å². The first-order valence-electron chi connectivity index (χ1n) is 24.0. The SMILES string of the molecule is CC[C@@H]1/C=C(\C)C[C@H](C)C[C@H](OC)[C@H]2O[C@@](O)(C(=O)C(=O)N3CCCC[C@H]3C(=O)O[C@H](/C(C)=C/[C@@H]3CC[C@@H](OC/C=C/c4ccccc4)[C@H](OC)C3)[C@H](C)[C@@H](O)CC1=O)[C@H](C)C[C@@H]2OC. The summed E-state index contributed by atoms with van der Waals surface area (Å²) in [4.78, 5) is 58.4. The van der Waals surface area contributed by atoms with E-state index < -0.39 is 77.8 Å². The van der Waals surface area contributed by atoms with Crippen LogP contribution in [0, 0.1) is 29.6 Å². The summed E-state index contributed by atoms with van der Waals surface area (Å²) in [5.41, 5.74) is 2.80. The van der Waals surface area contributed by atoms with Crippen LogP contribution in [-0.2, 0) is 47.6 Å². The maximum absolute atomic E-state index is 14.5. The second-order valence-corrected chi connectivity index (χ2v) is 19.3. The normalized spacial score (nSPS) is 37.5. The zero-order chi connectivity index (χ0) is 47.4. The first-order valence-corrected chi connectivity index (χ1v) is 24.0. The number of methoxy groups -OCH3 is 3. The summed E-state index contributed by atoms with van der Waals surface area (Å²) in [6.45, 7) is 11.8. The summed E-state index contributed by atoms with van der Waals surface area (Å²) in [5, 5.41) is 23.9. The number of aliphatic hydroxyl groups excluding tert-OH is 1. The van der Waals surface area contributed by atoms with Gasteiger partial charge in [-0.05, 0) is 101 Å². The van der Waals surface area contributed by atoms with Crippen molar-refractivity contribution >= 4 is 29.5 Å². The van der Waals surface area contributed by atoms with E-state index in [1.54, 1.807) is 28.1 Å². The number of aliphatic hydroxyl groups is 2. The molecule has 2 N–H and O–H groups in total. The zero-order valence-electron chi connectivity index (χ0n) is 40.3. The molecule has 13 nitrogen and oxygen atoms in total. The summed E-state index contributed by atoms with van der Waals surface area (Å²) < 4.78 is 36.7. The summed E-state index contributed by atoms with van der Waals surface area (Å²) in [5.74, 6) is -7.43. The van der Waals surface area contributed by atoms with Gasteiger partial charge >= 0.3 is 5.97 Å². The molecule has 4 aliphatic rings. The van der Waals surface area contributed by atoms with Crippen LogP contribution in [0.5, 0.6) is 0 Å². The van der Waals surface area contributed by atoms with Crippen molar-refractivity contribution in [1.29, 1.82) is 0 Å². The Morgan fingerprint density at radius 3 is 2.26 bits per heavy atom. The smallest absolute Gasteiger partial charge is 0.329 e. The Balaban J connectivity index is 1.45. The fraction of sp³-hybridized carbons (Fsp3) is 0.692. The number of rotatable bonds is 10. The molecule has 2 bridgehead atoms. The summed E-state index contributed by atoms with van der Waals surface area (Å²) >= 11 is 0. The number of amides is 1. The number of ether oxygens (including phenoxy) is 6. The molecule has 3 aliphatic heterocycles. The van der Waals surface area contributed by atoms with Crippen LogP contribution in [-0.4, -0.2) is 128 Å². The molecule has 13 heteroatoms. The molecule has 1 saturated carbocycles. The van der Waals surface area contributed by atoms with Crippen molar-refractivity contribution in [2.45, 2.75) is 167 Å². The van der Waals surface area contributed by atoms with Crippen molar-refractivity contribution in [2.75, 3.05) is 34.5 Å². The maximum atomic E-state index is 14.5. The molecule has 2 saturated heterocycles. The molecular weight excluding hydrogens is 831 g/mol. The molecule has 1 aromatic carbocycles. The highest BCUT2D eigenvalue weighted by molar-refractivity contribution is 6.39. The van der Waals surface area contributed by atoms with E-state index in [0.717, 1.165) is 24.0 Å². The maximum Gasteiger partial charge on any atom is 0.329 e. The molecule has 5 rings (SSSR count). The predicted octanol–water partition coefficient (Wildman–Crippen LogP) is 7.21. The van der Waals surface area contributed by atoms with Gasteiger partial charge in [0, 0.05) is 52.0 Å². The number of fused-ring (bicyclic) bond motifs is 3.